The molecular formula is C18H22N4. The van der Waals surface area contributed by atoms with Crippen molar-refractivity contribution in [1.29, 1.82) is 0 Å². The quantitative estimate of drug-likeness (QED) is 0.940. The summed E-state index contributed by atoms with van der Waals surface area (Å²) in [6.07, 6.45) is 10.2. The van der Waals surface area contributed by atoms with Crippen LogP contribution in [-0.2, 0) is 19.4 Å². The highest BCUT2D eigenvalue weighted by molar-refractivity contribution is 5.50. The SMILES string of the molecule is c1nc(N2CCCC2)ncc1CNc1ccc2c(c1)CCC2. The monoisotopic (exact) mass is 294 g/mol. The van der Waals surface area contributed by atoms with Gasteiger partial charge in [-0.05, 0) is 55.4 Å². The van der Waals surface area contributed by atoms with Crippen molar-refractivity contribution in [3.05, 3.63) is 47.3 Å². The van der Waals surface area contributed by atoms with E-state index in [2.05, 4.69) is 38.4 Å². The van der Waals surface area contributed by atoms with Crippen molar-refractivity contribution in [2.75, 3.05) is 23.3 Å². The third-order valence-corrected chi connectivity index (χ3v) is 4.68. The largest absolute Gasteiger partial charge is 0.381 e. The highest BCUT2D eigenvalue weighted by Gasteiger charge is 2.14. The van der Waals surface area contributed by atoms with Gasteiger partial charge in [0.2, 0.25) is 5.95 Å². The van der Waals surface area contributed by atoms with E-state index in [0.29, 0.717) is 0 Å². The molecule has 1 aliphatic heterocycles. The highest BCUT2D eigenvalue weighted by Crippen LogP contribution is 2.25. The fourth-order valence-electron chi connectivity index (χ4n) is 3.41. The van der Waals surface area contributed by atoms with Gasteiger partial charge in [0.25, 0.3) is 0 Å². The lowest BCUT2D eigenvalue weighted by Crippen LogP contribution is -2.20. The Kier molecular flexibility index (Phi) is 3.67. The second kappa shape index (κ2) is 5.95. The summed E-state index contributed by atoms with van der Waals surface area (Å²) in [7, 11) is 0. The molecule has 1 N–H and O–H groups in total. The Hall–Kier alpha value is -2.10. The third-order valence-electron chi connectivity index (χ3n) is 4.68. The molecule has 0 bridgehead atoms. The molecular weight excluding hydrogens is 272 g/mol. The third kappa shape index (κ3) is 2.78. The maximum atomic E-state index is 4.51. The number of hydrogen-bond donors (Lipinski definition) is 1. The summed E-state index contributed by atoms with van der Waals surface area (Å²) in [5.41, 5.74) is 5.35. The smallest absolute Gasteiger partial charge is 0.225 e. The van der Waals surface area contributed by atoms with E-state index in [1.807, 2.05) is 12.4 Å². The molecule has 2 aromatic rings. The molecule has 114 valence electrons. The van der Waals surface area contributed by atoms with Crippen LogP contribution in [0.2, 0.25) is 0 Å². The first-order chi connectivity index (χ1) is 10.9. The Morgan fingerprint density at radius 2 is 1.73 bits per heavy atom. The molecule has 2 heterocycles. The van der Waals surface area contributed by atoms with Crippen LogP contribution in [0.1, 0.15) is 36.0 Å². The van der Waals surface area contributed by atoms with Crippen LogP contribution < -0.4 is 10.2 Å². The average Bonchev–Trinajstić information content (AvgIpc) is 3.24. The lowest BCUT2D eigenvalue weighted by Gasteiger charge is -2.15. The van der Waals surface area contributed by atoms with E-state index in [4.69, 9.17) is 0 Å². The van der Waals surface area contributed by atoms with Gasteiger partial charge < -0.3 is 10.2 Å². The van der Waals surface area contributed by atoms with Crippen LogP contribution in [0, 0.1) is 0 Å². The molecule has 4 heteroatoms. The van der Waals surface area contributed by atoms with Gasteiger partial charge in [-0.2, -0.15) is 0 Å². The number of benzene rings is 1. The van der Waals surface area contributed by atoms with E-state index in [1.54, 1.807) is 0 Å². The van der Waals surface area contributed by atoms with Crippen molar-refractivity contribution >= 4 is 11.6 Å². The number of aryl methyl sites for hydroxylation is 2. The summed E-state index contributed by atoms with van der Waals surface area (Å²) in [5, 5.41) is 3.49. The summed E-state index contributed by atoms with van der Waals surface area (Å²) in [5.74, 6) is 0.874. The molecule has 1 saturated heterocycles. The second-order valence-corrected chi connectivity index (χ2v) is 6.28. The molecule has 4 nitrogen and oxygen atoms in total. The minimum Gasteiger partial charge on any atom is -0.381 e. The van der Waals surface area contributed by atoms with Crippen LogP contribution in [0.25, 0.3) is 0 Å². The van der Waals surface area contributed by atoms with Crippen molar-refractivity contribution in [2.45, 2.75) is 38.6 Å². The first-order valence-corrected chi connectivity index (χ1v) is 8.30. The first-order valence-electron chi connectivity index (χ1n) is 8.30. The number of aromatic nitrogens is 2. The molecule has 0 unspecified atom stereocenters. The molecule has 0 atom stereocenters. The van der Waals surface area contributed by atoms with Gasteiger partial charge in [0.1, 0.15) is 0 Å². The van der Waals surface area contributed by atoms with Crippen LogP contribution in [-0.4, -0.2) is 23.1 Å². The summed E-state index contributed by atoms with van der Waals surface area (Å²) in [6.45, 7) is 2.96. The molecule has 1 aliphatic carbocycles. The van der Waals surface area contributed by atoms with E-state index in [0.717, 1.165) is 31.1 Å². The Balaban J connectivity index is 1.39. The number of anilines is 2. The topological polar surface area (TPSA) is 41.1 Å². The van der Waals surface area contributed by atoms with E-state index in [-0.39, 0.29) is 0 Å². The minimum atomic E-state index is 0.777. The van der Waals surface area contributed by atoms with Crippen molar-refractivity contribution < 1.29 is 0 Å². The number of nitrogens with zero attached hydrogens (tertiary/aromatic N) is 3. The van der Waals surface area contributed by atoms with Crippen LogP contribution in [0.15, 0.2) is 30.6 Å². The predicted molar refractivity (Wildman–Crippen MR) is 89.3 cm³/mol. The fourth-order valence-corrected chi connectivity index (χ4v) is 3.41. The van der Waals surface area contributed by atoms with Crippen LogP contribution >= 0.6 is 0 Å². The van der Waals surface area contributed by atoms with E-state index < -0.39 is 0 Å². The van der Waals surface area contributed by atoms with Crippen molar-refractivity contribution in [1.82, 2.24) is 9.97 Å². The molecule has 2 aliphatic rings. The highest BCUT2D eigenvalue weighted by atomic mass is 15.3. The van der Waals surface area contributed by atoms with Gasteiger partial charge in [0, 0.05) is 43.3 Å². The minimum absolute atomic E-state index is 0.777. The lowest BCUT2D eigenvalue weighted by molar-refractivity contribution is 0.889. The molecule has 4 rings (SSSR count). The molecule has 1 aromatic carbocycles. The normalized spacial score (nSPS) is 16.8. The van der Waals surface area contributed by atoms with Crippen LogP contribution in [0.5, 0.6) is 0 Å². The Bertz CT molecular complexity index is 645. The number of fused-ring (bicyclic) bond motifs is 1. The van der Waals surface area contributed by atoms with Crippen molar-refractivity contribution in [2.24, 2.45) is 0 Å². The first kappa shape index (κ1) is 13.6. The number of nitrogens with one attached hydrogen (secondary N) is 1. The van der Waals surface area contributed by atoms with Crippen LogP contribution in [0.4, 0.5) is 11.6 Å². The lowest BCUT2D eigenvalue weighted by atomic mass is 10.1. The summed E-state index contributed by atoms with van der Waals surface area (Å²) in [6, 6.07) is 6.74. The Morgan fingerprint density at radius 3 is 2.55 bits per heavy atom. The molecule has 0 saturated carbocycles. The maximum absolute atomic E-state index is 4.51. The zero-order chi connectivity index (χ0) is 14.8. The van der Waals surface area contributed by atoms with Crippen molar-refractivity contribution in [3.63, 3.8) is 0 Å². The fraction of sp³-hybridized carbons (Fsp3) is 0.444. The molecule has 1 fully saturated rings. The van der Waals surface area contributed by atoms with Crippen molar-refractivity contribution in [3.8, 4) is 0 Å². The summed E-state index contributed by atoms with van der Waals surface area (Å²) in [4.78, 5) is 11.3. The van der Waals surface area contributed by atoms with Crippen LogP contribution in [0.3, 0.4) is 0 Å². The molecule has 1 aromatic heterocycles. The van der Waals surface area contributed by atoms with Gasteiger partial charge in [0.05, 0.1) is 0 Å². The molecule has 0 spiro atoms. The van der Waals surface area contributed by atoms with Gasteiger partial charge in [0.15, 0.2) is 0 Å². The number of rotatable bonds is 4. The zero-order valence-corrected chi connectivity index (χ0v) is 12.9. The van der Waals surface area contributed by atoms with Gasteiger partial charge in [-0.25, -0.2) is 9.97 Å². The van der Waals surface area contributed by atoms with Gasteiger partial charge in [-0.3, -0.25) is 0 Å². The summed E-state index contributed by atoms with van der Waals surface area (Å²) >= 11 is 0. The van der Waals surface area contributed by atoms with E-state index in [9.17, 15) is 0 Å². The van der Waals surface area contributed by atoms with Gasteiger partial charge in [-0.1, -0.05) is 6.07 Å². The average molecular weight is 294 g/mol. The molecule has 22 heavy (non-hydrogen) atoms. The molecule has 0 radical (unpaired) electrons. The number of hydrogen-bond acceptors (Lipinski definition) is 4. The predicted octanol–water partition coefficient (Wildman–Crippen LogP) is 3.18. The Morgan fingerprint density at radius 1 is 0.955 bits per heavy atom. The zero-order valence-electron chi connectivity index (χ0n) is 12.9. The van der Waals surface area contributed by atoms with Gasteiger partial charge >= 0.3 is 0 Å². The molecule has 0 amide bonds. The summed E-state index contributed by atoms with van der Waals surface area (Å²) < 4.78 is 0. The van der Waals surface area contributed by atoms with E-state index in [1.165, 1.54) is 48.9 Å². The standard InChI is InChI=1S/C18H22N4/c1-2-9-22(8-1)18-20-12-14(13-21-18)11-19-17-7-6-15-4-3-5-16(15)10-17/h6-7,10,12-13,19H,1-5,8-9,11H2. The second-order valence-electron chi connectivity index (χ2n) is 6.28. The Labute approximate surface area is 131 Å². The van der Waals surface area contributed by atoms with E-state index >= 15 is 0 Å². The van der Waals surface area contributed by atoms with Gasteiger partial charge in [-0.15, -0.1) is 0 Å². The maximum Gasteiger partial charge on any atom is 0.225 e.